The molecule has 1 heterocycles. The van der Waals surface area contributed by atoms with Gasteiger partial charge >= 0.3 is 0 Å². The summed E-state index contributed by atoms with van der Waals surface area (Å²) in [5.41, 5.74) is 1.73. The molecule has 0 saturated carbocycles. The third-order valence-corrected chi connectivity index (χ3v) is 6.94. The van der Waals surface area contributed by atoms with Crippen LogP contribution >= 0.6 is 15.9 Å². The van der Waals surface area contributed by atoms with E-state index in [2.05, 4.69) is 21.2 Å². The second-order valence-corrected chi connectivity index (χ2v) is 9.03. The minimum atomic E-state index is -0.0865. The second kappa shape index (κ2) is 9.74. The van der Waals surface area contributed by atoms with Crippen LogP contribution in [0.3, 0.4) is 0 Å². The van der Waals surface area contributed by atoms with Gasteiger partial charge in [-0.2, -0.15) is 0 Å². The molecule has 1 fully saturated rings. The van der Waals surface area contributed by atoms with Gasteiger partial charge in [-0.1, -0.05) is 58.4 Å². The largest absolute Gasteiger partial charge is 0.496 e. The Bertz CT molecular complexity index is 1140. The number of nitrogens with zero attached hydrogens (tertiary/aromatic N) is 1. The average Bonchev–Trinajstić information content (AvgIpc) is 2.83. The van der Waals surface area contributed by atoms with E-state index in [1.54, 1.807) is 7.11 Å². The number of methoxy groups -OCH3 is 1. The molecule has 32 heavy (non-hydrogen) atoms. The monoisotopic (exact) mass is 494 g/mol. The Morgan fingerprint density at radius 1 is 1.00 bits per heavy atom. The van der Waals surface area contributed by atoms with Crippen LogP contribution in [0.1, 0.15) is 41.7 Å². The van der Waals surface area contributed by atoms with Crippen LogP contribution in [0.15, 0.2) is 65.1 Å². The van der Waals surface area contributed by atoms with Gasteiger partial charge in [0.25, 0.3) is 5.91 Å². The van der Waals surface area contributed by atoms with Crippen LogP contribution in [-0.2, 0) is 4.79 Å². The van der Waals surface area contributed by atoms with Crippen molar-refractivity contribution >= 4 is 38.5 Å². The minimum absolute atomic E-state index is 0.00398. The van der Waals surface area contributed by atoms with Crippen molar-refractivity contribution in [2.45, 2.75) is 25.8 Å². The Morgan fingerprint density at radius 2 is 1.66 bits per heavy atom. The normalized spacial score (nSPS) is 15.4. The Kier molecular flexibility index (Phi) is 6.80. The number of carbonyl (C=O) groups excluding carboxylic acids is 2. The summed E-state index contributed by atoms with van der Waals surface area (Å²) in [5, 5.41) is 4.95. The van der Waals surface area contributed by atoms with Crippen LogP contribution in [-0.4, -0.2) is 36.9 Å². The topological polar surface area (TPSA) is 58.6 Å². The van der Waals surface area contributed by atoms with E-state index < -0.39 is 0 Å². The van der Waals surface area contributed by atoms with Gasteiger partial charge < -0.3 is 15.0 Å². The van der Waals surface area contributed by atoms with Gasteiger partial charge in [0.15, 0.2) is 0 Å². The molecule has 6 heteroatoms. The molecular formula is C26H27BrN2O3. The summed E-state index contributed by atoms with van der Waals surface area (Å²) in [7, 11) is 1.64. The average molecular weight is 495 g/mol. The maximum absolute atomic E-state index is 13.3. The van der Waals surface area contributed by atoms with Crippen molar-refractivity contribution < 1.29 is 14.3 Å². The van der Waals surface area contributed by atoms with E-state index in [9.17, 15) is 9.59 Å². The summed E-state index contributed by atoms with van der Waals surface area (Å²) in [6.07, 6.45) is 1.32. The zero-order valence-corrected chi connectivity index (χ0v) is 19.9. The Hall–Kier alpha value is -2.86. The van der Waals surface area contributed by atoms with Crippen LogP contribution in [0.5, 0.6) is 5.75 Å². The molecule has 1 atom stereocenters. The number of nitrogens with one attached hydrogen (secondary N) is 1. The molecule has 0 spiro atoms. The van der Waals surface area contributed by atoms with Gasteiger partial charge in [0.05, 0.1) is 13.2 Å². The number of likely N-dealkylation sites (tertiary alicyclic amines) is 1. The highest BCUT2D eigenvalue weighted by atomic mass is 79.9. The first kappa shape index (κ1) is 22.3. The van der Waals surface area contributed by atoms with Crippen molar-refractivity contribution in [1.82, 2.24) is 10.2 Å². The van der Waals surface area contributed by atoms with Crippen LogP contribution in [0, 0.1) is 5.92 Å². The quantitative estimate of drug-likeness (QED) is 0.520. The number of benzene rings is 3. The molecule has 5 nitrogen and oxygen atoms in total. The zero-order valence-electron chi connectivity index (χ0n) is 18.3. The molecule has 166 valence electrons. The number of amides is 2. The maximum atomic E-state index is 13.3. The molecule has 3 aromatic carbocycles. The highest BCUT2D eigenvalue weighted by Gasteiger charge is 2.29. The molecule has 0 bridgehead atoms. The third-order valence-electron chi connectivity index (χ3n) is 6.22. The first-order chi connectivity index (χ1) is 15.5. The molecule has 1 saturated heterocycles. The van der Waals surface area contributed by atoms with Crippen molar-refractivity contribution in [3.8, 4) is 5.75 Å². The van der Waals surface area contributed by atoms with E-state index in [0.717, 1.165) is 26.6 Å². The number of hydrogen-bond acceptors (Lipinski definition) is 3. The fourth-order valence-electron chi connectivity index (χ4n) is 4.39. The van der Waals surface area contributed by atoms with Crippen molar-refractivity contribution in [2.75, 3.05) is 20.2 Å². The van der Waals surface area contributed by atoms with Gasteiger partial charge in [-0.3, -0.25) is 9.59 Å². The number of halogens is 1. The summed E-state index contributed by atoms with van der Waals surface area (Å²) < 4.78 is 6.43. The predicted octanol–water partition coefficient (Wildman–Crippen LogP) is 5.34. The summed E-state index contributed by atoms with van der Waals surface area (Å²) in [4.78, 5) is 28.0. The molecule has 0 radical (unpaired) electrons. The van der Waals surface area contributed by atoms with E-state index in [-0.39, 0.29) is 23.8 Å². The minimum Gasteiger partial charge on any atom is -0.496 e. The molecule has 1 N–H and O–H groups in total. The third kappa shape index (κ3) is 4.51. The van der Waals surface area contributed by atoms with Crippen molar-refractivity contribution in [2.24, 2.45) is 5.92 Å². The molecule has 1 aliphatic rings. The van der Waals surface area contributed by atoms with E-state index >= 15 is 0 Å². The van der Waals surface area contributed by atoms with Crippen LogP contribution in [0.4, 0.5) is 0 Å². The lowest BCUT2D eigenvalue weighted by molar-refractivity contribution is -0.127. The Morgan fingerprint density at radius 3 is 2.34 bits per heavy atom. The number of ether oxygens (including phenoxy) is 1. The Balaban J connectivity index is 1.41. The predicted molar refractivity (Wildman–Crippen MR) is 130 cm³/mol. The van der Waals surface area contributed by atoms with E-state index in [1.165, 1.54) is 0 Å². The molecule has 0 unspecified atom stereocenters. The van der Waals surface area contributed by atoms with Crippen molar-refractivity contribution in [3.05, 3.63) is 76.3 Å². The van der Waals surface area contributed by atoms with Gasteiger partial charge in [0.2, 0.25) is 5.91 Å². The molecule has 3 aromatic rings. The summed E-state index contributed by atoms with van der Waals surface area (Å²) >= 11 is 3.55. The van der Waals surface area contributed by atoms with Gasteiger partial charge in [-0.05, 0) is 48.9 Å². The van der Waals surface area contributed by atoms with Crippen molar-refractivity contribution in [1.29, 1.82) is 0 Å². The number of carbonyl (C=O) groups is 2. The van der Waals surface area contributed by atoms with E-state index in [0.29, 0.717) is 31.5 Å². The molecule has 4 rings (SSSR count). The first-order valence-corrected chi connectivity index (χ1v) is 11.7. The molecule has 0 aromatic heterocycles. The van der Waals surface area contributed by atoms with E-state index in [1.807, 2.05) is 72.5 Å². The number of hydrogen-bond donors (Lipinski definition) is 1. The van der Waals surface area contributed by atoms with Gasteiger partial charge in [-0.15, -0.1) is 0 Å². The van der Waals surface area contributed by atoms with Gasteiger partial charge in [0.1, 0.15) is 5.75 Å². The number of fused-ring (bicyclic) bond motifs is 1. The first-order valence-electron chi connectivity index (χ1n) is 10.9. The SMILES string of the molecule is COc1ccc(C(=O)N2CCC(C(=O)N[C@@H](C)c3ccccc3Br)CC2)c2ccccc12. The fourth-order valence-corrected chi connectivity index (χ4v) is 5.01. The highest BCUT2D eigenvalue weighted by molar-refractivity contribution is 9.10. The Labute approximate surface area is 196 Å². The second-order valence-electron chi connectivity index (χ2n) is 8.18. The fraction of sp³-hybridized carbons (Fsp3) is 0.308. The van der Waals surface area contributed by atoms with Crippen LogP contribution in [0.25, 0.3) is 10.8 Å². The molecular weight excluding hydrogens is 468 g/mol. The van der Waals surface area contributed by atoms with E-state index in [4.69, 9.17) is 4.74 Å². The van der Waals surface area contributed by atoms with Crippen LogP contribution < -0.4 is 10.1 Å². The lowest BCUT2D eigenvalue weighted by atomic mass is 9.94. The highest BCUT2D eigenvalue weighted by Crippen LogP contribution is 2.30. The summed E-state index contributed by atoms with van der Waals surface area (Å²) in [6.45, 7) is 3.13. The molecule has 1 aliphatic heterocycles. The lowest BCUT2D eigenvalue weighted by Crippen LogP contribution is -2.43. The summed E-state index contributed by atoms with van der Waals surface area (Å²) in [6, 6.07) is 19.3. The smallest absolute Gasteiger partial charge is 0.254 e. The molecule has 2 amide bonds. The van der Waals surface area contributed by atoms with Gasteiger partial charge in [0, 0.05) is 34.4 Å². The zero-order chi connectivity index (χ0) is 22.7. The molecule has 0 aliphatic carbocycles. The van der Waals surface area contributed by atoms with Gasteiger partial charge in [-0.25, -0.2) is 0 Å². The van der Waals surface area contributed by atoms with Crippen LogP contribution in [0.2, 0.25) is 0 Å². The van der Waals surface area contributed by atoms with Crippen molar-refractivity contribution in [3.63, 3.8) is 0 Å². The number of piperidine rings is 1. The lowest BCUT2D eigenvalue weighted by Gasteiger charge is -2.32. The standard InChI is InChI=1S/C26H27BrN2O3/c1-17(19-7-5-6-10-23(19)27)28-25(30)18-13-15-29(16-14-18)26(31)22-11-12-24(32-2)21-9-4-3-8-20(21)22/h3-12,17-18H,13-16H2,1-2H3,(H,28,30)/t17-/m0/s1. The number of rotatable bonds is 5. The maximum Gasteiger partial charge on any atom is 0.254 e. The summed E-state index contributed by atoms with van der Waals surface area (Å²) in [5.74, 6) is 0.725.